The molecule has 0 saturated heterocycles. The molecule has 0 bridgehead atoms. The van der Waals surface area contributed by atoms with E-state index in [0.29, 0.717) is 6.04 Å². The predicted molar refractivity (Wildman–Crippen MR) is 86.3 cm³/mol. The number of para-hydroxylation sites is 1. The van der Waals surface area contributed by atoms with E-state index >= 15 is 0 Å². The van der Waals surface area contributed by atoms with E-state index < -0.39 is 0 Å². The predicted octanol–water partition coefficient (Wildman–Crippen LogP) is 4.19. The molecule has 0 aromatic heterocycles. The average molecular weight is 273 g/mol. The lowest BCUT2D eigenvalue weighted by Crippen LogP contribution is -2.25. The summed E-state index contributed by atoms with van der Waals surface area (Å²) in [5.41, 5.74) is 3.89. The number of ether oxygens (including phenoxy) is 1. The first-order chi connectivity index (χ1) is 9.41. The smallest absolute Gasteiger partial charge is 0.130 e. The van der Waals surface area contributed by atoms with Crippen LogP contribution in [0.3, 0.4) is 0 Å². The molecule has 2 heteroatoms. The minimum Gasteiger partial charge on any atom is -0.487 e. The quantitative estimate of drug-likeness (QED) is 0.868. The molecular formula is C18H27NO. The fraction of sp³-hybridized carbons (Fsp3) is 0.556. The van der Waals surface area contributed by atoms with Crippen molar-refractivity contribution in [2.75, 3.05) is 6.54 Å². The summed E-state index contributed by atoms with van der Waals surface area (Å²) in [5, 5.41) is 3.49. The SMILES string of the molecule is CCC(=Cc1cccc2c1OC(C)(C)C2)CNC(C)C. The molecule has 1 heterocycles. The Balaban J connectivity index is 2.24. The molecule has 1 aliphatic heterocycles. The van der Waals surface area contributed by atoms with E-state index in [1.165, 1.54) is 16.7 Å². The van der Waals surface area contributed by atoms with Crippen LogP contribution in [0.4, 0.5) is 0 Å². The minimum absolute atomic E-state index is 0.0746. The van der Waals surface area contributed by atoms with Crippen LogP contribution in [-0.2, 0) is 6.42 Å². The monoisotopic (exact) mass is 273 g/mol. The molecule has 0 aliphatic carbocycles. The Kier molecular flexibility index (Phi) is 4.54. The van der Waals surface area contributed by atoms with Gasteiger partial charge in [0.2, 0.25) is 0 Å². The van der Waals surface area contributed by atoms with E-state index in [1.807, 2.05) is 0 Å². The highest BCUT2D eigenvalue weighted by atomic mass is 16.5. The molecule has 0 saturated carbocycles. The molecule has 20 heavy (non-hydrogen) atoms. The van der Waals surface area contributed by atoms with Crippen molar-refractivity contribution in [3.8, 4) is 5.75 Å². The highest BCUT2D eigenvalue weighted by Gasteiger charge is 2.31. The van der Waals surface area contributed by atoms with Gasteiger partial charge in [-0.3, -0.25) is 0 Å². The first kappa shape index (κ1) is 15.1. The van der Waals surface area contributed by atoms with Crippen LogP contribution < -0.4 is 10.1 Å². The standard InChI is InChI=1S/C18H27NO/c1-6-14(12-19-13(2)3)10-15-8-7-9-16-11-18(4,5)20-17(15)16/h7-10,13,19H,6,11-12H2,1-5H3. The lowest BCUT2D eigenvalue weighted by Gasteiger charge is -2.18. The number of fused-ring (bicyclic) bond motifs is 1. The third kappa shape index (κ3) is 3.63. The Labute approximate surface area is 123 Å². The van der Waals surface area contributed by atoms with Gasteiger partial charge in [0.05, 0.1) is 0 Å². The van der Waals surface area contributed by atoms with Gasteiger partial charge in [-0.15, -0.1) is 0 Å². The normalized spacial score (nSPS) is 17.2. The van der Waals surface area contributed by atoms with Gasteiger partial charge in [-0.05, 0) is 25.8 Å². The summed E-state index contributed by atoms with van der Waals surface area (Å²) in [6, 6.07) is 6.99. The fourth-order valence-electron chi connectivity index (χ4n) is 2.59. The first-order valence-corrected chi connectivity index (χ1v) is 7.65. The van der Waals surface area contributed by atoms with Crippen molar-refractivity contribution in [3.05, 3.63) is 34.9 Å². The summed E-state index contributed by atoms with van der Waals surface area (Å²) in [6.45, 7) is 11.8. The van der Waals surface area contributed by atoms with Crippen LogP contribution in [0.5, 0.6) is 5.75 Å². The molecule has 0 unspecified atom stereocenters. The summed E-state index contributed by atoms with van der Waals surface area (Å²) < 4.78 is 6.13. The molecule has 2 rings (SSSR count). The number of rotatable bonds is 5. The molecular weight excluding hydrogens is 246 g/mol. The molecule has 1 aromatic carbocycles. The zero-order valence-corrected chi connectivity index (χ0v) is 13.4. The second-order valence-corrected chi connectivity index (χ2v) is 6.57. The largest absolute Gasteiger partial charge is 0.487 e. The van der Waals surface area contributed by atoms with Gasteiger partial charge in [0.1, 0.15) is 11.4 Å². The zero-order chi connectivity index (χ0) is 14.8. The van der Waals surface area contributed by atoms with Gasteiger partial charge in [-0.2, -0.15) is 0 Å². The Morgan fingerprint density at radius 1 is 1.40 bits per heavy atom. The van der Waals surface area contributed by atoms with E-state index in [-0.39, 0.29) is 5.60 Å². The molecule has 0 fully saturated rings. The minimum atomic E-state index is -0.0746. The maximum atomic E-state index is 6.13. The second-order valence-electron chi connectivity index (χ2n) is 6.57. The van der Waals surface area contributed by atoms with Crippen molar-refractivity contribution in [1.82, 2.24) is 5.32 Å². The first-order valence-electron chi connectivity index (χ1n) is 7.65. The molecule has 1 aliphatic rings. The van der Waals surface area contributed by atoms with Crippen molar-refractivity contribution in [1.29, 1.82) is 0 Å². The fourth-order valence-corrected chi connectivity index (χ4v) is 2.59. The van der Waals surface area contributed by atoms with Crippen molar-refractivity contribution in [2.45, 2.75) is 59.1 Å². The summed E-state index contributed by atoms with van der Waals surface area (Å²) in [5.74, 6) is 1.08. The Morgan fingerprint density at radius 2 is 2.15 bits per heavy atom. The van der Waals surface area contributed by atoms with Crippen LogP contribution in [0.25, 0.3) is 6.08 Å². The lowest BCUT2D eigenvalue weighted by molar-refractivity contribution is 0.138. The molecule has 110 valence electrons. The van der Waals surface area contributed by atoms with E-state index in [1.54, 1.807) is 0 Å². The van der Waals surface area contributed by atoms with Gasteiger partial charge in [-0.1, -0.05) is 50.6 Å². The molecule has 0 radical (unpaired) electrons. The van der Waals surface area contributed by atoms with Crippen LogP contribution in [0, 0.1) is 0 Å². The summed E-state index contributed by atoms with van der Waals surface area (Å²) in [6.07, 6.45) is 4.35. The molecule has 0 atom stereocenters. The summed E-state index contributed by atoms with van der Waals surface area (Å²) in [4.78, 5) is 0. The van der Waals surface area contributed by atoms with Crippen molar-refractivity contribution >= 4 is 6.08 Å². The Bertz CT molecular complexity index is 500. The zero-order valence-electron chi connectivity index (χ0n) is 13.4. The highest BCUT2D eigenvalue weighted by molar-refractivity contribution is 5.63. The van der Waals surface area contributed by atoms with Crippen LogP contribution in [0.1, 0.15) is 52.2 Å². The van der Waals surface area contributed by atoms with Crippen molar-refractivity contribution < 1.29 is 4.74 Å². The van der Waals surface area contributed by atoms with E-state index in [9.17, 15) is 0 Å². The molecule has 2 nitrogen and oxygen atoms in total. The lowest BCUT2D eigenvalue weighted by atomic mass is 9.99. The topological polar surface area (TPSA) is 21.3 Å². The average Bonchev–Trinajstić information content (AvgIpc) is 2.69. The molecule has 1 aromatic rings. The molecule has 0 amide bonds. The number of hydrogen-bond acceptors (Lipinski definition) is 2. The van der Waals surface area contributed by atoms with E-state index in [4.69, 9.17) is 4.74 Å². The molecule has 1 N–H and O–H groups in total. The third-order valence-corrected chi connectivity index (χ3v) is 3.67. The van der Waals surface area contributed by atoms with Gasteiger partial charge < -0.3 is 10.1 Å². The van der Waals surface area contributed by atoms with Gasteiger partial charge >= 0.3 is 0 Å². The Morgan fingerprint density at radius 3 is 2.80 bits per heavy atom. The van der Waals surface area contributed by atoms with Crippen molar-refractivity contribution in [3.63, 3.8) is 0 Å². The van der Waals surface area contributed by atoms with Gasteiger partial charge in [0.15, 0.2) is 0 Å². The summed E-state index contributed by atoms with van der Waals surface area (Å²) in [7, 11) is 0. The van der Waals surface area contributed by atoms with E-state index in [0.717, 1.165) is 25.1 Å². The van der Waals surface area contributed by atoms with Gasteiger partial charge in [0, 0.05) is 24.6 Å². The molecule has 0 spiro atoms. The van der Waals surface area contributed by atoms with E-state index in [2.05, 4.69) is 64.2 Å². The van der Waals surface area contributed by atoms with Crippen molar-refractivity contribution in [2.24, 2.45) is 0 Å². The maximum absolute atomic E-state index is 6.13. The van der Waals surface area contributed by atoms with Crippen LogP contribution in [0.2, 0.25) is 0 Å². The van der Waals surface area contributed by atoms with Gasteiger partial charge in [0.25, 0.3) is 0 Å². The number of nitrogens with one attached hydrogen (secondary N) is 1. The third-order valence-electron chi connectivity index (χ3n) is 3.67. The highest BCUT2D eigenvalue weighted by Crippen LogP contribution is 2.38. The van der Waals surface area contributed by atoms with Crippen LogP contribution in [0.15, 0.2) is 23.8 Å². The second kappa shape index (κ2) is 6.01. The van der Waals surface area contributed by atoms with Crippen LogP contribution in [-0.4, -0.2) is 18.2 Å². The van der Waals surface area contributed by atoms with Gasteiger partial charge in [-0.25, -0.2) is 0 Å². The Hall–Kier alpha value is -1.28. The van der Waals surface area contributed by atoms with Crippen LogP contribution >= 0.6 is 0 Å². The summed E-state index contributed by atoms with van der Waals surface area (Å²) >= 11 is 0. The number of benzene rings is 1. The number of hydrogen-bond donors (Lipinski definition) is 1. The maximum Gasteiger partial charge on any atom is 0.130 e.